The Morgan fingerprint density at radius 1 is 1.23 bits per heavy atom. The Morgan fingerprint density at radius 3 is 2.92 bits per heavy atom. The maximum Gasteiger partial charge on any atom is 0.273 e. The van der Waals surface area contributed by atoms with Gasteiger partial charge in [-0.1, -0.05) is 5.16 Å². The SMILES string of the molecule is O=C(NC[C@@H](O)c1ccc(-c2ccsc2)o1)c1cc(-c2ccco2)on1. The zero-order valence-corrected chi connectivity index (χ0v) is 14.2. The number of carbonyl (C=O) groups excluding carboxylic acids is 1. The molecule has 132 valence electrons. The van der Waals surface area contributed by atoms with E-state index in [0.717, 1.165) is 5.56 Å². The summed E-state index contributed by atoms with van der Waals surface area (Å²) in [6.45, 7) is -0.0155. The van der Waals surface area contributed by atoms with E-state index in [9.17, 15) is 9.90 Å². The highest BCUT2D eigenvalue weighted by atomic mass is 32.1. The fraction of sp³-hybridized carbons (Fsp3) is 0.111. The molecule has 1 atom stereocenters. The molecular formula is C18H14N2O5S. The van der Waals surface area contributed by atoms with Gasteiger partial charge >= 0.3 is 0 Å². The van der Waals surface area contributed by atoms with E-state index in [1.54, 1.807) is 35.6 Å². The molecule has 0 spiro atoms. The standard InChI is InChI=1S/C18H14N2O5S/c21-13(15-4-3-14(24-15)11-5-7-26-10-11)9-19-18(22)12-8-17(25-20-12)16-2-1-6-23-16/h1-8,10,13,21H,9H2,(H,19,22)/t13-/m1/s1. The van der Waals surface area contributed by atoms with E-state index in [1.165, 1.54) is 12.3 Å². The van der Waals surface area contributed by atoms with Gasteiger partial charge in [-0.15, -0.1) is 0 Å². The van der Waals surface area contributed by atoms with Gasteiger partial charge in [-0.05, 0) is 35.7 Å². The molecule has 0 fully saturated rings. The van der Waals surface area contributed by atoms with Crippen molar-refractivity contribution in [3.8, 4) is 22.8 Å². The van der Waals surface area contributed by atoms with Crippen molar-refractivity contribution < 1.29 is 23.3 Å². The van der Waals surface area contributed by atoms with Crippen LogP contribution in [0.2, 0.25) is 0 Å². The van der Waals surface area contributed by atoms with Crippen LogP contribution in [0.25, 0.3) is 22.8 Å². The van der Waals surface area contributed by atoms with Crippen LogP contribution in [0.3, 0.4) is 0 Å². The van der Waals surface area contributed by atoms with Crippen LogP contribution < -0.4 is 5.32 Å². The third kappa shape index (κ3) is 3.32. The Hall–Kier alpha value is -3.10. The Morgan fingerprint density at radius 2 is 2.15 bits per heavy atom. The van der Waals surface area contributed by atoms with Crippen LogP contribution in [-0.2, 0) is 0 Å². The molecule has 4 heterocycles. The average molecular weight is 370 g/mol. The lowest BCUT2D eigenvalue weighted by Crippen LogP contribution is -2.28. The zero-order chi connectivity index (χ0) is 17.9. The molecule has 0 radical (unpaired) electrons. The van der Waals surface area contributed by atoms with Crippen molar-refractivity contribution >= 4 is 17.2 Å². The summed E-state index contributed by atoms with van der Waals surface area (Å²) in [4.78, 5) is 12.2. The smallest absolute Gasteiger partial charge is 0.273 e. The molecule has 2 N–H and O–H groups in total. The van der Waals surface area contributed by atoms with Gasteiger partial charge in [0.05, 0.1) is 12.8 Å². The topological polar surface area (TPSA) is 102 Å². The summed E-state index contributed by atoms with van der Waals surface area (Å²) >= 11 is 1.56. The second-order valence-electron chi connectivity index (χ2n) is 5.49. The molecule has 0 aliphatic carbocycles. The zero-order valence-electron chi connectivity index (χ0n) is 13.4. The van der Waals surface area contributed by atoms with Crippen molar-refractivity contribution in [3.05, 3.63) is 64.9 Å². The summed E-state index contributed by atoms with van der Waals surface area (Å²) in [6, 6.07) is 10.3. The molecule has 4 rings (SSSR count). The van der Waals surface area contributed by atoms with Crippen LogP contribution in [-0.4, -0.2) is 22.7 Å². The molecule has 0 aliphatic heterocycles. The Labute approximate surface area is 151 Å². The van der Waals surface area contributed by atoms with Gasteiger partial charge < -0.3 is 23.8 Å². The number of rotatable bonds is 6. The minimum absolute atomic E-state index is 0.0155. The summed E-state index contributed by atoms with van der Waals surface area (Å²) < 4.78 is 15.9. The third-order valence-electron chi connectivity index (χ3n) is 3.72. The summed E-state index contributed by atoms with van der Waals surface area (Å²) in [5.41, 5.74) is 1.05. The normalized spacial score (nSPS) is 12.2. The predicted octanol–water partition coefficient (Wildman–Crippen LogP) is 3.72. The molecule has 0 aliphatic rings. The van der Waals surface area contributed by atoms with E-state index in [-0.39, 0.29) is 12.2 Å². The van der Waals surface area contributed by atoms with Gasteiger partial charge in [0.25, 0.3) is 5.91 Å². The maximum atomic E-state index is 12.2. The summed E-state index contributed by atoms with van der Waals surface area (Å²) in [7, 11) is 0. The minimum atomic E-state index is -0.970. The van der Waals surface area contributed by atoms with Crippen LogP contribution in [0, 0.1) is 0 Å². The monoisotopic (exact) mass is 370 g/mol. The molecule has 0 aromatic carbocycles. The number of thiophene rings is 1. The molecule has 0 saturated heterocycles. The van der Waals surface area contributed by atoms with Crippen LogP contribution in [0.15, 0.2) is 66.8 Å². The Bertz CT molecular complexity index is 985. The van der Waals surface area contributed by atoms with Crippen molar-refractivity contribution in [1.29, 1.82) is 0 Å². The Kier molecular flexibility index (Phi) is 4.42. The van der Waals surface area contributed by atoms with Crippen LogP contribution in [0.4, 0.5) is 0 Å². The van der Waals surface area contributed by atoms with Gasteiger partial charge in [0, 0.05) is 17.0 Å². The van der Waals surface area contributed by atoms with Crippen molar-refractivity contribution in [2.45, 2.75) is 6.10 Å². The number of nitrogens with one attached hydrogen (secondary N) is 1. The number of aromatic nitrogens is 1. The van der Waals surface area contributed by atoms with E-state index >= 15 is 0 Å². The van der Waals surface area contributed by atoms with Crippen molar-refractivity contribution in [2.75, 3.05) is 6.54 Å². The second-order valence-corrected chi connectivity index (χ2v) is 6.27. The fourth-order valence-electron chi connectivity index (χ4n) is 2.39. The Balaban J connectivity index is 1.37. The number of furan rings is 2. The summed E-state index contributed by atoms with van der Waals surface area (Å²) in [5, 5.41) is 20.4. The quantitative estimate of drug-likeness (QED) is 0.536. The fourth-order valence-corrected chi connectivity index (χ4v) is 3.03. The van der Waals surface area contributed by atoms with Crippen molar-refractivity contribution in [1.82, 2.24) is 10.5 Å². The molecule has 0 bridgehead atoms. The number of hydrogen-bond acceptors (Lipinski definition) is 7. The van der Waals surface area contributed by atoms with Gasteiger partial charge in [-0.2, -0.15) is 11.3 Å². The molecule has 0 unspecified atom stereocenters. The molecule has 4 aromatic heterocycles. The first-order chi connectivity index (χ1) is 12.7. The summed E-state index contributed by atoms with van der Waals surface area (Å²) in [6.07, 6.45) is 0.532. The second kappa shape index (κ2) is 7.03. The van der Waals surface area contributed by atoms with E-state index < -0.39 is 12.0 Å². The molecule has 26 heavy (non-hydrogen) atoms. The predicted molar refractivity (Wildman–Crippen MR) is 93.5 cm³/mol. The van der Waals surface area contributed by atoms with Crippen molar-refractivity contribution in [2.24, 2.45) is 0 Å². The average Bonchev–Trinajstić information content (AvgIpc) is 3.42. The number of nitrogens with zero attached hydrogens (tertiary/aromatic N) is 1. The van der Waals surface area contributed by atoms with Gasteiger partial charge in [-0.3, -0.25) is 4.79 Å². The highest BCUT2D eigenvalue weighted by Gasteiger charge is 2.18. The van der Waals surface area contributed by atoms with E-state index in [2.05, 4.69) is 10.5 Å². The first-order valence-electron chi connectivity index (χ1n) is 7.80. The largest absolute Gasteiger partial charge is 0.461 e. The van der Waals surface area contributed by atoms with E-state index in [1.807, 2.05) is 16.8 Å². The summed E-state index contributed by atoms with van der Waals surface area (Å²) in [5.74, 6) is 1.42. The first-order valence-corrected chi connectivity index (χ1v) is 8.74. The number of aliphatic hydroxyl groups excluding tert-OH is 1. The first kappa shape index (κ1) is 16.4. The highest BCUT2D eigenvalue weighted by Crippen LogP contribution is 2.27. The van der Waals surface area contributed by atoms with Gasteiger partial charge in [0.2, 0.25) is 5.76 Å². The van der Waals surface area contributed by atoms with Crippen LogP contribution in [0.5, 0.6) is 0 Å². The number of aliphatic hydroxyl groups is 1. The van der Waals surface area contributed by atoms with Crippen LogP contribution >= 0.6 is 11.3 Å². The number of amides is 1. The lowest BCUT2D eigenvalue weighted by molar-refractivity contribution is 0.0893. The molecular weight excluding hydrogens is 356 g/mol. The van der Waals surface area contributed by atoms with E-state index in [4.69, 9.17) is 13.4 Å². The van der Waals surface area contributed by atoms with Gasteiger partial charge in [0.15, 0.2) is 11.5 Å². The number of hydrogen-bond donors (Lipinski definition) is 2. The number of carbonyl (C=O) groups is 1. The highest BCUT2D eigenvalue weighted by molar-refractivity contribution is 7.08. The van der Waals surface area contributed by atoms with Gasteiger partial charge in [-0.25, -0.2) is 0 Å². The molecule has 7 nitrogen and oxygen atoms in total. The molecule has 0 saturated carbocycles. The van der Waals surface area contributed by atoms with Gasteiger partial charge in [0.1, 0.15) is 17.6 Å². The molecule has 1 amide bonds. The lowest BCUT2D eigenvalue weighted by atomic mass is 10.2. The maximum absolute atomic E-state index is 12.2. The minimum Gasteiger partial charge on any atom is -0.461 e. The molecule has 4 aromatic rings. The molecule has 8 heteroatoms. The van der Waals surface area contributed by atoms with Crippen LogP contribution in [0.1, 0.15) is 22.4 Å². The van der Waals surface area contributed by atoms with Crippen molar-refractivity contribution in [3.63, 3.8) is 0 Å². The lowest BCUT2D eigenvalue weighted by Gasteiger charge is -2.08. The van der Waals surface area contributed by atoms with E-state index in [0.29, 0.717) is 23.0 Å². The third-order valence-corrected chi connectivity index (χ3v) is 4.41.